The molecule has 0 radical (unpaired) electrons. The van der Waals surface area contributed by atoms with Gasteiger partial charge in [-0.2, -0.15) is 0 Å². The van der Waals surface area contributed by atoms with E-state index in [-0.39, 0.29) is 42.6 Å². The topological polar surface area (TPSA) is 60.4 Å². The van der Waals surface area contributed by atoms with Crippen molar-refractivity contribution in [3.8, 4) is 0 Å². The zero-order valence-electron chi connectivity index (χ0n) is 6.18. The van der Waals surface area contributed by atoms with E-state index in [1.54, 1.807) is 13.8 Å². The zero-order valence-corrected chi connectivity index (χ0v) is 8.18. The van der Waals surface area contributed by atoms with E-state index in [4.69, 9.17) is 10.2 Å². The molecule has 4 heteroatoms. The molecule has 0 rings (SSSR count). The van der Waals surface area contributed by atoms with E-state index in [1.807, 2.05) is 0 Å². The molecule has 50 valence electrons. The zero-order chi connectivity index (χ0) is 6.99. The van der Waals surface area contributed by atoms with Gasteiger partial charge in [0.15, 0.2) is 0 Å². The summed E-state index contributed by atoms with van der Waals surface area (Å²) >= 11 is 0. The number of carboxylic acids is 1. The quantitative estimate of drug-likeness (QED) is 0.393. The van der Waals surface area contributed by atoms with E-state index in [0.717, 1.165) is 0 Å². The number of aliphatic carboxylic acids is 1. The fourth-order valence-corrected chi connectivity index (χ4v) is 0. The van der Waals surface area contributed by atoms with Crippen molar-refractivity contribution in [1.82, 2.24) is 0 Å². The Bertz CT molecular complexity index is 56.2. The number of hydrogen-bond acceptors (Lipinski definition) is 2. The molecule has 0 atom stereocenters. The maximum absolute atomic E-state index is 9.37. The minimum atomic E-state index is -0.745. The van der Waals surface area contributed by atoms with Crippen LogP contribution in [0.2, 0.25) is 0 Å². The molecule has 0 aliphatic carbocycles. The Hall–Kier alpha value is 0.430. The fraction of sp³-hybridized carbons (Fsp3) is 0.800. The Morgan fingerprint density at radius 2 is 1.67 bits per heavy atom. The van der Waals surface area contributed by atoms with Gasteiger partial charge in [0, 0.05) is 6.42 Å². The number of hydrogen-bond donors (Lipinski definition) is 1. The van der Waals surface area contributed by atoms with Crippen LogP contribution >= 0.6 is 0 Å². The van der Waals surface area contributed by atoms with Gasteiger partial charge < -0.3 is 10.2 Å². The van der Waals surface area contributed by atoms with Gasteiger partial charge in [0.2, 0.25) is 0 Å². The van der Waals surface area contributed by atoms with E-state index in [2.05, 4.69) is 0 Å². The Kier molecular flexibility index (Phi) is 28.4. The third kappa shape index (κ3) is 59.0. The van der Waals surface area contributed by atoms with Crippen LogP contribution in [0, 0.1) is 0 Å². The van der Waals surface area contributed by atoms with Crippen LogP contribution < -0.4 is 34.7 Å². The fourth-order valence-electron chi connectivity index (χ4n) is 0. The second-order valence-electron chi connectivity index (χ2n) is 1.04. The van der Waals surface area contributed by atoms with Crippen molar-refractivity contribution < 1.29 is 44.6 Å². The summed E-state index contributed by atoms with van der Waals surface area (Å²) in [6.07, 6.45) is 0.222. The third-order valence-corrected chi connectivity index (χ3v) is 0.302. The Morgan fingerprint density at radius 3 is 1.67 bits per heavy atom. The minimum absolute atomic E-state index is 0. The average molecular weight is 142 g/mol. The summed E-state index contributed by atoms with van der Waals surface area (Å²) in [4.78, 5) is 9.37. The van der Waals surface area contributed by atoms with Gasteiger partial charge in [-0.25, -0.2) is 0 Å². The molecule has 0 saturated carbocycles. The molecule has 3 nitrogen and oxygen atoms in total. The summed E-state index contributed by atoms with van der Waals surface area (Å²) in [5.41, 5.74) is 0. The van der Waals surface area contributed by atoms with E-state index >= 15 is 0 Å². The first-order valence-electron chi connectivity index (χ1n) is 2.48. The first-order valence-corrected chi connectivity index (χ1v) is 2.48. The number of carboxylic acid groups (broad SMARTS) is 1. The van der Waals surface area contributed by atoms with Crippen molar-refractivity contribution in [3.63, 3.8) is 0 Å². The molecule has 9 heavy (non-hydrogen) atoms. The molecule has 0 amide bonds. The molecule has 1 N–H and O–H groups in total. The molecule has 0 saturated heterocycles. The predicted molar refractivity (Wildman–Crippen MR) is 28.5 cm³/mol. The van der Waals surface area contributed by atoms with Crippen molar-refractivity contribution in [2.45, 2.75) is 20.3 Å². The van der Waals surface area contributed by atoms with Crippen LogP contribution in [0.3, 0.4) is 0 Å². The molecule has 0 aromatic heterocycles. The van der Waals surface area contributed by atoms with E-state index in [0.29, 0.717) is 0 Å². The van der Waals surface area contributed by atoms with Crippen LogP contribution in [0.25, 0.3) is 0 Å². The average Bonchev–Trinajstić information content (AvgIpc) is 1.69. The molecule has 0 fully saturated rings. The maximum Gasteiger partial charge on any atom is 1.00 e. The standard InChI is InChI=1S/C3H6O2.C2H5O.Na/c1-2-3(4)5;1-2-3;/h2H2,1H3,(H,4,5);2H2,1H3;/q;-1;+1. The van der Waals surface area contributed by atoms with Crippen LogP contribution in [0.4, 0.5) is 0 Å². The molecule has 0 spiro atoms. The molecular formula is C5H11NaO3. The normalized spacial score (nSPS) is 6.11. The largest absolute Gasteiger partial charge is 1.00 e. The van der Waals surface area contributed by atoms with E-state index < -0.39 is 5.97 Å². The molecule has 0 aromatic carbocycles. The number of carbonyl (C=O) groups is 1. The van der Waals surface area contributed by atoms with Gasteiger partial charge in [-0.05, 0) is 0 Å². The molecule has 0 aromatic rings. The van der Waals surface area contributed by atoms with E-state index in [1.165, 1.54) is 0 Å². The summed E-state index contributed by atoms with van der Waals surface area (Å²) in [5, 5.41) is 16.7. The molecule has 0 unspecified atom stereocenters. The molecule has 0 bridgehead atoms. The third-order valence-electron chi connectivity index (χ3n) is 0.302. The van der Waals surface area contributed by atoms with E-state index in [9.17, 15) is 4.79 Å². The summed E-state index contributed by atoms with van der Waals surface area (Å²) < 4.78 is 0. The summed E-state index contributed by atoms with van der Waals surface area (Å²) in [7, 11) is 0. The number of rotatable bonds is 1. The van der Waals surface area contributed by atoms with Gasteiger partial charge in [-0.3, -0.25) is 4.79 Å². The first-order chi connectivity index (χ1) is 3.68. The smallest absolute Gasteiger partial charge is 0.855 e. The summed E-state index contributed by atoms with van der Waals surface area (Å²) in [5.74, 6) is -0.745. The van der Waals surface area contributed by atoms with Crippen LogP contribution in [0.1, 0.15) is 20.3 Å². The van der Waals surface area contributed by atoms with Gasteiger partial charge in [0.05, 0.1) is 0 Å². The van der Waals surface area contributed by atoms with Gasteiger partial charge in [0.25, 0.3) is 0 Å². The Balaban J connectivity index is -0.0000000800. The van der Waals surface area contributed by atoms with Crippen molar-refractivity contribution in [1.29, 1.82) is 0 Å². The molecular weight excluding hydrogens is 131 g/mol. The van der Waals surface area contributed by atoms with Crippen LogP contribution in [-0.2, 0) is 4.79 Å². The van der Waals surface area contributed by atoms with Crippen LogP contribution in [-0.4, -0.2) is 17.7 Å². The maximum atomic E-state index is 9.37. The molecule has 0 aliphatic heterocycles. The Labute approximate surface area is 77.4 Å². The molecule has 0 aliphatic rings. The predicted octanol–water partition coefficient (Wildman–Crippen LogP) is -3.15. The molecule has 0 heterocycles. The second kappa shape index (κ2) is 15.8. The van der Waals surface area contributed by atoms with Gasteiger partial charge >= 0.3 is 35.5 Å². The van der Waals surface area contributed by atoms with Crippen molar-refractivity contribution in [2.24, 2.45) is 0 Å². The monoisotopic (exact) mass is 142 g/mol. The van der Waals surface area contributed by atoms with Gasteiger partial charge in [-0.1, -0.05) is 13.8 Å². The van der Waals surface area contributed by atoms with Crippen molar-refractivity contribution in [2.75, 3.05) is 6.61 Å². The minimum Gasteiger partial charge on any atom is -0.855 e. The summed E-state index contributed by atoms with van der Waals surface area (Å²) in [6, 6.07) is 0. The SMILES string of the molecule is CCC(=O)O.CC[O-].[Na+]. The van der Waals surface area contributed by atoms with Crippen molar-refractivity contribution >= 4 is 5.97 Å². The summed E-state index contributed by atoms with van der Waals surface area (Å²) in [6.45, 7) is 3.17. The Morgan fingerprint density at radius 1 is 1.56 bits per heavy atom. The van der Waals surface area contributed by atoms with Crippen LogP contribution in [0.15, 0.2) is 0 Å². The second-order valence-corrected chi connectivity index (χ2v) is 1.04. The van der Waals surface area contributed by atoms with Gasteiger partial charge in [-0.15, -0.1) is 6.61 Å². The van der Waals surface area contributed by atoms with Gasteiger partial charge in [0.1, 0.15) is 0 Å². The first kappa shape index (κ1) is 16.2. The van der Waals surface area contributed by atoms with Crippen molar-refractivity contribution in [3.05, 3.63) is 0 Å². The van der Waals surface area contributed by atoms with Crippen LogP contribution in [0.5, 0.6) is 0 Å².